The Bertz CT molecular complexity index is 923. The van der Waals surface area contributed by atoms with Crippen LogP contribution in [0.25, 0.3) is 0 Å². The fourth-order valence-electron chi connectivity index (χ4n) is 2.33. The van der Waals surface area contributed by atoms with E-state index in [1.165, 1.54) is 6.20 Å². The summed E-state index contributed by atoms with van der Waals surface area (Å²) < 4.78 is 15.4. The van der Waals surface area contributed by atoms with Crippen LogP contribution in [0.3, 0.4) is 0 Å². The molecule has 0 spiro atoms. The largest absolute Gasteiger partial charge is 0.493 e. The first-order chi connectivity index (χ1) is 12.6. The standard InChI is InChI=1S/C18H18N4O4/c1-11-6-17(22-26-11)21-18(23)12-7-14(10-19-9-12)20-13-4-5-15(24-2)16(8-13)25-3/h4-10,20H,1-3H3,(H,21,22,23). The first kappa shape index (κ1) is 17.3. The molecule has 0 saturated heterocycles. The number of carbonyl (C=O) groups excluding carboxylic acids is 1. The molecule has 2 aromatic heterocycles. The molecule has 0 saturated carbocycles. The number of aromatic nitrogens is 2. The zero-order valence-electron chi connectivity index (χ0n) is 14.6. The van der Waals surface area contributed by atoms with Crippen LogP contribution >= 0.6 is 0 Å². The molecule has 0 bridgehead atoms. The number of anilines is 3. The molecule has 8 heteroatoms. The van der Waals surface area contributed by atoms with Crippen LogP contribution in [0.4, 0.5) is 17.2 Å². The van der Waals surface area contributed by atoms with E-state index < -0.39 is 0 Å². The topological polar surface area (TPSA) is 98.5 Å². The third kappa shape index (κ3) is 3.92. The number of rotatable bonds is 6. The molecule has 2 heterocycles. The van der Waals surface area contributed by atoms with Crippen LogP contribution in [0.5, 0.6) is 11.5 Å². The third-order valence-electron chi connectivity index (χ3n) is 3.54. The van der Waals surface area contributed by atoms with E-state index in [4.69, 9.17) is 14.0 Å². The summed E-state index contributed by atoms with van der Waals surface area (Å²) in [4.78, 5) is 16.4. The maximum Gasteiger partial charge on any atom is 0.258 e. The summed E-state index contributed by atoms with van der Waals surface area (Å²) >= 11 is 0. The van der Waals surface area contributed by atoms with Crippen molar-refractivity contribution in [2.45, 2.75) is 6.92 Å². The summed E-state index contributed by atoms with van der Waals surface area (Å²) in [7, 11) is 3.15. The predicted octanol–water partition coefficient (Wildman–Crippen LogP) is 3.39. The second-order valence-electron chi connectivity index (χ2n) is 5.43. The number of nitrogens with one attached hydrogen (secondary N) is 2. The van der Waals surface area contributed by atoms with Crippen LogP contribution in [0, 0.1) is 6.92 Å². The van der Waals surface area contributed by atoms with Gasteiger partial charge in [0.2, 0.25) is 0 Å². The van der Waals surface area contributed by atoms with Crippen molar-refractivity contribution < 1.29 is 18.8 Å². The highest BCUT2D eigenvalue weighted by molar-refractivity contribution is 6.04. The Hall–Kier alpha value is -3.55. The first-order valence-electron chi connectivity index (χ1n) is 7.78. The second kappa shape index (κ2) is 7.56. The Kier molecular flexibility index (Phi) is 5.02. The van der Waals surface area contributed by atoms with Gasteiger partial charge in [-0.15, -0.1) is 0 Å². The zero-order valence-corrected chi connectivity index (χ0v) is 14.6. The fourth-order valence-corrected chi connectivity index (χ4v) is 2.33. The molecular formula is C18H18N4O4. The van der Waals surface area contributed by atoms with E-state index in [1.54, 1.807) is 51.6 Å². The van der Waals surface area contributed by atoms with Crippen molar-refractivity contribution in [2.24, 2.45) is 0 Å². The summed E-state index contributed by atoms with van der Waals surface area (Å²) in [6.45, 7) is 1.75. The zero-order chi connectivity index (χ0) is 18.5. The third-order valence-corrected chi connectivity index (χ3v) is 3.54. The van der Waals surface area contributed by atoms with E-state index in [9.17, 15) is 4.79 Å². The van der Waals surface area contributed by atoms with Gasteiger partial charge >= 0.3 is 0 Å². The number of pyridine rings is 1. The quantitative estimate of drug-likeness (QED) is 0.700. The lowest BCUT2D eigenvalue weighted by Crippen LogP contribution is -2.12. The normalized spacial score (nSPS) is 10.3. The van der Waals surface area contributed by atoms with Gasteiger partial charge < -0.3 is 24.6 Å². The van der Waals surface area contributed by atoms with E-state index in [2.05, 4.69) is 20.8 Å². The smallest absolute Gasteiger partial charge is 0.258 e. The molecule has 0 radical (unpaired) electrons. The van der Waals surface area contributed by atoms with Crippen LogP contribution in [0.15, 0.2) is 47.2 Å². The number of hydrogen-bond donors (Lipinski definition) is 2. The predicted molar refractivity (Wildman–Crippen MR) is 96.3 cm³/mol. The van der Waals surface area contributed by atoms with Gasteiger partial charge in [-0.2, -0.15) is 0 Å². The van der Waals surface area contributed by atoms with Crippen LogP contribution < -0.4 is 20.1 Å². The summed E-state index contributed by atoms with van der Waals surface area (Å²) in [5, 5.41) is 9.57. The van der Waals surface area contributed by atoms with Gasteiger partial charge in [-0.3, -0.25) is 9.78 Å². The Morgan fingerprint density at radius 2 is 1.85 bits per heavy atom. The molecule has 0 aliphatic rings. The number of hydrogen-bond acceptors (Lipinski definition) is 7. The van der Waals surface area contributed by atoms with Gasteiger partial charge in [-0.25, -0.2) is 0 Å². The number of aryl methyl sites for hydroxylation is 1. The number of carbonyl (C=O) groups is 1. The van der Waals surface area contributed by atoms with Gasteiger partial charge in [0.25, 0.3) is 5.91 Å². The maximum atomic E-state index is 12.3. The summed E-state index contributed by atoms with van der Waals surface area (Å²) in [6.07, 6.45) is 3.09. The highest BCUT2D eigenvalue weighted by atomic mass is 16.5. The average Bonchev–Trinajstić information content (AvgIpc) is 3.06. The van der Waals surface area contributed by atoms with E-state index in [-0.39, 0.29) is 5.91 Å². The van der Waals surface area contributed by atoms with Crippen LogP contribution in [-0.4, -0.2) is 30.3 Å². The van der Waals surface area contributed by atoms with Crippen molar-refractivity contribution in [1.82, 2.24) is 10.1 Å². The number of benzene rings is 1. The van der Waals surface area contributed by atoms with Crippen molar-refractivity contribution in [1.29, 1.82) is 0 Å². The Balaban J connectivity index is 1.76. The molecular weight excluding hydrogens is 336 g/mol. The SMILES string of the molecule is COc1ccc(Nc2cncc(C(=O)Nc3cc(C)on3)c2)cc1OC. The van der Waals surface area contributed by atoms with E-state index >= 15 is 0 Å². The number of amides is 1. The molecule has 1 amide bonds. The number of ether oxygens (including phenoxy) is 2. The molecule has 26 heavy (non-hydrogen) atoms. The van der Waals surface area contributed by atoms with Gasteiger partial charge in [0.05, 0.1) is 31.7 Å². The molecule has 0 aliphatic heterocycles. The van der Waals surface area contributed by atoms with Crippen molar-refractivity contribution in [3.63, 3.8) is 0 Å². The molecule has 0 aliphatic carbocycles. The molecule has 3 rings (SSSR count). The second-order valence-corrected chi connectivity index (χ2v) is 5.43. The van der Waals surface area contributed by atoms with E-state index in [1.807, 2.05) is 6.07 Å². The Morgan fingerprint density at radius 3 is 2.54 bits per heavy atom. The highest BCUT2D eigenvalue weighted by Crippen LogP contribution is 2.31. The van der Waals surface area contributed by atoms with Gasteiger partial charge in [0, 0.05) is 24.0 Å². The summed E-state index contributed by atoms with van der Waals surface area (Å²) in [5.74, 6) is 1.86. The molecule has 134 valence electrons. The van der Waals surface area contributed by atoms with Crippen molar-refractivity contribution in [2.75, 3.05) is 24.9 Å². The Morgan fingerprint density at radius 1 is 1.04 bits per heavy atom. The van der Waals surface area contributed by atoms with Crippen LogP contribution in [0.2, 0.25) is 0 Å². The summed E-state index contributed by atoms with van der Waals surface area (Å²) in [6, 6.07) is 8.75. The van der Waals surface area contributed by atoms with Crippen LogP contribution in [-0.2, 0) is 0 Å². The average molecular weight is 354 g/mol. The minimum absolute atomic E-state index is 0.332. The first-order valence-corrected chi connectivity index (χ1v) is 7.78. The summed E-state index contributed by atoms with van der Waals surface area (Å²) in [5.41, 5.74) is 1.81. The lowest BCUT2D eigenvalue weighted by molar-refractivity contribution is 0.102. The Labute approximate surface area is 150 Å². The monoisotopic (exact) mass is 354 g/mol. The highest BCUT2D eigenvalue weighted by Gasteiger charge is 2.11. The lowest BCUT2D eigenvalue weighted by Gasteiger charge is -2.11. The van der Waals surface area contributed by atoms with E-state index in [0.29, 0.717) is 34.3 Å². The molecule has 8 nitrogen and oxygen atoms in total. The molecule has 2 N–H and O–H groups in total. The molecule has 1 aromatic carbocycles. The van der Waals surface area contributed by atoms with Gasteiger partial charge in [0.15, 0.2) is 17.3 Å². The number of nitrogens with zero attached hydrogens (tertiary/aromatic N) is 2. The molecule has 0 unspecified atom stereocenters. The van der Waals surface area contributed by atoms with Gasteiger partial charge in [-0.05, 0) is 25.1 Å². The lowest BCUT2D eigenvalue weighted by atomic mass is 10.2. The van der Waals surface area contributed by atoms with Gasteiger partial charge in [-0.1, -0.05) is 5.16 Å². The fraction of sp³-hybridized carbons (Fsp3) is 0.167. The van der Waals surface area contributed by atoms with Crippen molar-refractivity contribution >= 4 is 23.1 Å². The molecule has 0 fully saturated rings. The van der Waals surface area contributed by atoms with Crippen molar-refractivity contribution in [3.8, 4) is 11.5 Å². The molecule has 3 aromatic rings. The maximum absolute atomic E-state index is 12.3. The van der Waals surface area contributed by atoms with Crippen LogP contribution in [0.1, 0.15) is 16.1 Å². The molecule has 0 atom stereocenters. The van der Waals surface area contributed by atoms with E-state index in [0.717, 1.165) is 5.69 Å². The van der Waals surface area contributed by atoms with Gasteiger partial charge in [0.1, 0.15) is 5.76 Å². The number of methoxy groups -OCH3 is 2. The minimum atomic E-state index is -0.332. The van der Waals surface area contributed by atoms with Crippen molar-refractivity contribution in [3.05, 3.63) is 54.0 Å². The minimum Gasteiger partial charge on any atom is -0.493 e.